The zero-order chi connectivity index (χ0) is 15.0. The Morgan fingerprint density at radius 3 is 2.60 bits per heavy atom. The number of hydrogen-bond donors (Lipinski definition) is 1. The first-order valence-corrected chi connectivity index (χ1v) is 6.69. The summed E-state index contributed by atoms with van der Waals surface area (Å²) in [5.74, 6) is -0.0826. The van der Waals surface area contributed by atoms with Crippen molar-refractivity contribution >= 4 is 11.6 Å². The zero-order valence-electron chi connectivity index (χ0n) is 12.5. The number of nitrogens with two attached hydrogens (primary N) is 1. The minimum absolute atomic E-state index is 0.0826. The molecule has 1 amide bonds. The van der Waals surface area contributed by atoms with Crippen molar-refractivity contribution in [1.82, 2.24) is 14.8 Å². The van der Waals surface area contributed by atoms with Crippen LogP contribution in [-0.4, -0.2) is 68.1 Å². The first-order chi connectivity index (χ1) is 9.54. The molecule has 1 heterocycles. The molecule has 2 N–H and O–H groups in total. The molecule has 1 aromatic heterocycles. The third-order valence-corrected chi connectivity index (χ3v) is 2.89. The van der Waals surface area contributed by atoms with Crippen molar-refractivity contribution in [2.75, 3.05) is 53.2 Å². The van der Waals surface area contributed by atoms with Crippen LogP contribution in [0.5, 0.6) is 0 Å². The predicted molar refractivity (Wildman–Crippen MR) is 79.6 cm³/mol. The highest BCUT2D eigenvalue weighted by atomic mass is 16.5. The molecule has 0 aromatic carbocycles. The first kappa shape index (κ1) is 16.4. The number of nitrogens with zero attached hydrogens (tertiary/aromatic N) is 3. The van der Waals surface area contributed by atoms with E-state index in [4.69, 9.17) is 10.5 Å². The van der Waals surface area contributed by atoms with Crippen LogP contribution in [0.4, 0.5) is 5.69 Å². The number of amides is 1. The molecule has 112 valence electrons. The fourth-order valence-corrected chi connectivity index (χ4v) is 1.79. The Morgan fingerprint density at radius 1 is 1.30 bits per heavy atom. The van der Waals surface area contributed by atoms with Crippen LogP contribution in [0.25, 0.3) is 0 Å². The van der Waals surface area contributed by atoms with Gasteiger partial charge in [0.25, 0.3) is 5.91 Å². The number of pyridine rings is 1. The van der Waals surface area contributed by atoms with Crippen LogP contribution in [0.3, 0.4) is 0 Å². The quantitative estimate of drug-likeness (QED) is 0.759. The monoisotopic (exact) mass is 280 g/mol. The maximum Gasteiger partial charge on any atom is 0.272 e. The molecule has 20 heavy (non-hydrogen) atoms. The van der Waals surface area contributed by atoms with Gasteiger partial charge in [0.1, 0.15) is 5.69 Å². The average molecular weight is 280 g/mol. The Balaban J connectivity index is 2.65. The van der Waals surface area contributed by atoms with Crippen molar-refractivity contribution in [3.8, 4) is 0 Å². The number of rotatable bonds is 8. The van der Waals surface area contributed by atoms with E-state index in [2.05, 4.69) is 9.88 Å². The van der Waals surface area contributed by atoms with Gasteiger partial charge in [0.15, 0.2) is 0 Å². The second-order valence-corrected chi connectivity index (χ2v) is 4.92. The topological polar surface area (TPSA) is 71.7 Å². The summed E-state index contributed by atoms with van der Waals surface area (Å²) in [7, 11) is 5.66. The van der Waals surface area contributed by atoms with Gasteiger partial charge >= 0.3 is 0 Å². The van der Waals surface area contributed by atoms with Crippen LogP contribution < -0.4 is 5.73 Å². The van der Waals surface area contributed by atoms with E-state index in [0.717, 1.165) is 13.0 Å². The maximum absolute atomic E-state index is 12.4. The maximum atomic E-state index is 12.4. The van der Waals surface area contributed by atoms with Crippen molar-refractivity contribution in [2.45, 2.75) is 6.42 Å². The van der Waals surface area contributed by atoms with Gasteiger partial charge in [-0.2, -0.15) is 0 Å². The summed E-state index contributed by atoms with van der Waals surface area (Å²) in [6.07, 6.45) is 2.42. The van der Waals surface area contributed by atoms with Crippen molar-refractivity contribution in [2.24, 2.45) is 0 Å². The molecule has 0 aliphatic carbocycles. The standard InChI is InChI=1S/C14H24N4O2/c1-17(2)7-4-8-18(9-10-20-3)14(19)13-6-5-12(15)11-16-13/h5-6,11H,4,7-10,15H2,1-3H3. The van der Waals surface area contributed by atoms with Crippen LogP contribution in [0.2, 0.25) is 0 Å². The van der Waals surface area contributed by atoms with E-state index in [0.29, 0.717) is 31.1 Å². The summed E-state index contributed by atoms with van der Waals surface area (Å²) < 4.78 is 5.06. The van der Waals surface area contributed by atoms with Crippen molar-refractivity contribution in [1.29, 1.82) is 0 Å². The highest BCUT2D eigenvalue weighted by Crippen LogP contribution is 2.06. The van der Waals surface area contributed by atoms with E-state index in [-0.39, 0.29) is 5.91 Å². The van der Waals surface area contributed by atoms with Gasteiger partial charge < -0.3 is 20.3 Å². The minimum Gasteiger partial charge on any atom is -0.397 e. The molecule has 0 bridgehead atoms. The Kier molecular flexibility index (Phi) is 6.97. The van der Waals surface area contributed by atoms with Crippen molar-refractivity contribution in [3.05, 3.63) is 24.0 Å². The van der Waals surface area contributed by atoms with Gasteiger partial charge in [-0.1, -0.05) is 0 Å². The van der Waals surface area contributed by atoms with E-state index in [9.17, 15) is 4.79 Å². The SMILES string of the molecule is COCCN(CCCN(C)C)C(=O)c1ccc(N)cn1. The number of nitrogen functional groups attached to an aromatic ring is 1. The van der Waals surface area contributed by atoms with E-state index in [1.165, 1.54) is 6.20 Å². The highest BCUT2D eigenvalue weighted by molar-refractivity contribution is 5.92. The molecule has 6 nitrogen and oxygen atoms in total. The Bertz CT molecular complexity index is 406. The molecule has 6 heteroatoms. The summed E-state index contributed by atoms with van der Waals surface area (Å²) in [4.78, 5) is 20.3. The Hall–Kier alpha value is -1.66. The van der Waals surface area contributed by atoms with Crippen LogP contribution in [0, 0.1) is 0 Å². The summed E-state index contributed by atoms with van der Waals surface area (Å²) in [5, 5.41) is 0. The second-order valence-electron chi connectivity index (χ2n) is 4.92. The van der Waals surface area contributed by atoms with Crippen molar-refractivity contribution in [3.63, 3.8) is 0 Å². The molecule has 0 saturated carbocycles. The fourth-order valence-electron chi connectivity index (χ4n) is 1.79. The lowest BCUT2D eigenvalue weighted by atomic mass is 10.2. The zero-order valence-corrected chi connectivity index (χ0v) is 12.5. The second kappa shape index (κ2) is 8.50. The molecule has 0 aliphatic heterocycles. The number of aromatic nitrogens is 1. The molecular weight excluding hydrogens is 256 g/mol. The minimum atomic E-state index is -0.0826. The summed E-state index contributed by atoms with van der Waals surface area (Å²) in [5.41, 5.74) is 6.55. The van der Waals surface area contributed by atoms with Crippen molar-refractivity contribution < 1.29 is 9.53 Å². The smallest absolute Gasteiger partial charge is 0.272 e. The van der Waals surface area contributed by atoms with Gasteiger partial charge in [0.2, 0.25) is 0 Å². The van der Waals surface area contributed by atoms with E-state index in [1.54, 1.807) is 24.1 Å². The Labute approximate surface area is 120 Å². The number of carbonyl (C=O) groups excluding carboxylic acids is 1. The molecule has 0 unspecified atom stereocenters. The molecule has 1 rings (SSSR count). The van der Waals surface area contributed by atoms with Gasteiger partial charge in [0.05, 0.1) is 18.5 Å². The van der Waals surface area contributed by atoms with E-state index >= 15 is 0 Å². The lowest BCUT2D eigenvalue weighted by Gasteiger charge is -2.23. The molecule has 0 saturated heterocycles. The average Bonchev–Trinajstić information content (AvgIpc) is 2.42. The largest absolute Gasteiger partial charge is 0.397 e. The molecule has 0 atom stereocenters. The van der Waals surface area contributed by atoms with Crippen LogP contribution in [0.1, 0.15) is 16.9 Å². The lowest BCUT2D eigenvalue weighted by molar-refractivity contribution is 0.0683. The van der Waals surface area contributed by atoms with Gasteiger partial charge in [-0.25, -0.2) is 4.98 Å². The predicted octanol–water partition coefficient (Wildman–Crippen LogP) is 0.704. The number of hydrogen-bond acceptors (Lipinski definition) is 5. The van der Waals surface area contributed by atoms with Gasteiger partial charge in [-0.05, 0) is 39.2 Å². The normalized spacial score (nSPS) is 10.8. The van der Waals surface area contributed by atoms with Crippen LogP contribution in [0.15, 0.2) is 18.3 Å². The van der Waals surface area contributed by atoms with Gasteiger partial charge in [-0.15, -0.1) is 0 Å². The molecular formula is C14H24N4O2. The van der Waals surface area contributed by atoms with E-state index < -0.39 is 0 Å². The van der Waals surface area contributed by atoms with Gasteiger partial charge in [0, 0.05) is 20.2 Å². The Morgan fingerprint density at radius 2 is 2.05 bits per heavy atom. The number of carbonyl (C=O) groups is 1. The van der Waals surface area contributed by atoms with Crippen LogP contribution in [-0.2, 0) is 4.74 Å². The summed E-state index contributed by atoms with van der Waals surface area (Å²) in [6, 6.07) is 3.35. The summed E-state index contributed by atoms with van der Waals surface area (Å²) >= 11 is 0. The lowest BCUT2D eigenvalue weighted by Crippen LogP contribution is -2.36. The first-order valence-electron chi connectivity index (χ1n) is 6.69. The van der Waals surface area contributed by atoms with Crippen LogP contribution >= 0.6 is 0 Å². The fraction of sp³-hybridized carbons (Fsp3) is 0.571. The summed E-state index contributed by atoms with van der Waals surface area (Å²) in [6.45, 7) is 2.70. The molecule has 0 fully saturated rings. The highest BCUT2D eigenvalue weighted by Gasteiger charge is 2.16. The molecule has 0 spiro atoms. The number of ether oxygens (including phenoxy) is 1. The van der Waals surface area contributed by atoms with E-state index in [1.807, 2.05) is 14.1 Å². The molecule has 0 aliphatic rings. The van der Waals surface area contributed by atoms with Gasteiger partial charge in [-0.3, -0.25) is 4.79 Å². The number of anilines is 1. The molecule has 1 aromatic rings. The third kappa shape index (κ3) is 5.54. The number of methoxy groups -OCH3 is 1. The molecule has 0 radical (unpaired) electrons. The third-order valence-electron chi connectivity index (χ3n) is 2.89.